The zero-order chi connectivity index (χ0) is 12.8. The molecular weight excluding hydrogens is 208 g/mol. The Morgan fingerprint density at radius 3 is 2.06 bits per heavy atom. The van der Waals surface area contributed by atoms with Crippen molar-refractivity contribution in [3.8, 4) is 0 Å². The molecule has 1 aliphatic carbocycles. The highest BCUT2D eigenvalue weighted by atomic mass is 16.1. The van der Waals surface area contributed by atoms with E-state index in [2.05, 4.69) is 39.8 Å². The van der Waals surface area contributed by atoms with Gasteiger partial charge in [-0.25, -0.2) is 0 Å². The highest BCUT2D eigenvalue weighted by Gasteiger charge is 2.36. The molecule has 0 spiro atoms. The van der Waals surface area contributed by atoms with Gasteiger partial charge >= 0.3 is 0 Å². The molecule has 0 radical (unpaired) electrons. The van der Waals surface area contributed by atoms with Gasteiger partial charge in [0.25, 0.3) is 0 Å². The summed E-state index contributed by atoms with van der Waals surface area (Å²) in [4.78, 5) is 11.5. The molecule has 0 amide bonds. The third kappa shape index (κ3) is 2.03. The van der Waals surface area contributed by atoms with E-state index in [1.165, 1.54) is 24.0 Å². The zero-order valence-corrected chi connectivity index (χ0v) is 11.6. The summed E-state index contributed by atoms with van der Waals surface area (Å²) in [6.07, 6.45) is 2.40. The molecule has 0 heterocycles. The van der Waals surface area contributed by atoms with E-state index in [9.17, 15) is 4.79 Å². The summed E-state index contributed by atoms with van der Waals surface area (Å²) in [6, 6.07) is 6.25. The van der Waals surface area contributed by atoms with Crippen molar-refractivity contribution >= 4 is 5.78 Å². The van der Waals surface area contributed by atoms with Crippen molar-refractivity contribution in [2.45, 2.75) is 58.3 Å². The fourth-order valence-electron chi connectivity index (χ4n) is 2.81. The molecule has 17 heavy (non-hydrogen) atoms. The van der Waals surface area contributed by atoms with Crippen molar-refractivity contribution < 1.29 is 4.79 Å². The van der Waals surface area contributed by atoms with Crippen LogP contribution in [0.15, 0.2) is 18.2 Å². The minimum Gasteiger partial charge on any atom is -0.295 e. The lowest BCUT2D eigenvalue weighted by molar-refractivity contribution is 0.101. The Morgan fingerprint density at radius 1 is 1.00 bits per heavy atom. The quantitative estimate of drug-likeness (QED) is 0.659. The van der Waals surface area contributed by atoms with Crippen molar-refractivity contribution in [2.24, 2.45) is 0 Å². The summed E-state index contributed by atoms with van der Waals surface area (Å²) in [5.41, 5.74) is 4.05. The Bertz CT molecular complexity index is 466. The fourth-order valence-corrected chi connectivity index (χ4v) is 2.81. The largest absolute Gasteiger partial charge is 0.295 e. The van der Waals surface area contributed by atoms with Gasteiger partial charge < -0.3 is 0 Å². The Labute approximate surface area is 104 Å². The van der Waals surface area contributed by atoms with Crippen LogP contribution in [-0.2, 0) is 10.8 Å². The van der Waals surface area contributed by atoms with Crippen LogP contribution in [0, 0.1) is 0 Å². The predicted molar refractivity (Wildman–Crippen MR) is 71.7 cm³/mol. The average molecular weight is 230 g/mol. The van der Waals surface area contributed by atoms with Gasteiger partial charge in [-0.3, -0.25) is 4.79 Å². The lowest BCUT2D eigenvalue weighted by Gasteiger charge is -2.42. The SMILES string of the molecule is CC(=O)c1ccc2c(c1)C(C)(C)CCC2(C)C. The van der Waals surface area contributed by atoms with E-state index in [1.807, 2.05) is 6.07 Å². The number of fused-ring (bicyclic) bond motifs is 1. The maximum Gasteiger partial charge on any atom is 0.159 e. The number of ketones is 1. The van der Waals surface area contributed by atoms with Gasteiger partial charge in [0.05, 0.1) is 0 Å². The van der Waals surface area contributed by atoms with Crippen LogP contribution >= 0.6 is 0 Å². The molecule has 0 N–H and O–H groups in total. The van der Waals surface area contributed by atoms with E-state index in [0.29, 0.717) is 0 Å². The fraction of sp³-hybridized carbons (Fsp3) is 0.562. The minimum atomic E-state index is 0.159. The minimum absolute atomic E-state index is 0.159. The average Bonchev–Trinajstić information content (AvgIpc) is 2.24. The van der Waals surface area contributed by atoms with Crippen molar-refractivity contribution in [2.75, 3.05) is 0 Å². The van der Waals surface area contributed by atoms with E-state index in [0.717, 1.165) is 5.56 Å². The van der Waals surface area contributed by atoms with E-state index in [1.54, 1.807) is 6.92 Å². The normalized spacial score (nSPS) is 20.8. The summed E-state index contributed by atoms with van der Waals surface area (Å²) in [5.74, 6) is 0.159. The zero-order valence-electron chi connectivity index (χ0n) is 11.6. The molecule has 1 aromatic rings. The Kier molecular flexibility index (Phi) is 2.68. The molecule has 1 aliphatic rings. The Balaban J connectivity index is 2.64. The van der Waals surface area contributed by atoms with Gasteiger partial charge in [-0.05, 0) is 47.8 Å². The van der Waals surface area contributed by atoms with Crippen LogP contribution < -0.4 is 0 Å². The van der Waals surface area contributed by atoms with Crippen LogP contribution in [0.3, 0.4) is 0 Å². The second kappa shape index (κ2) is 3.69. The predicted octanol–water partition coefficient (Wildman–Crippen LogP) is 4.24. The maximum atomic E-state index is 11.5. The number of hydrogen-bond acceptors (Lipinski definition) is 1. The lowest BCUT2D eigenvalue weighted by atomic mass is 9.63. The van der Waals surface area contributed by atoms with Crippen LogP contribution in [0.2, 0.25) is 0 Å². The second-order valence-corrected chi connectivity index (χ2v) is 6.58. The summed E-state index contributed by atoms with van der Waals surface area (Å²) < 4.78 is 0. The number of Topliss-reactive ketones (excluding diaryl/α,β-unsaturated/α-hetero) is 1. The van der Waals surface area contributed by atoms with Crippen molar-refractivity contribution in [1.82, 2.24) is 0 Å². The number of carbonyl (C=O) groups excluding carboxylic acids is 1. The molecule has 1 aromatic carbocycles. The van der Waals surface area contributed by atoms with Gasteiger partial charge in [-0.2, -0.15) is 0 Å². The Hall–Kier alpha value is -1.11. The first-order valence-corrected chi connectivity index (χ1v) is 6.40. The van der Waals surface area contributed by atoms with Crippen LogP contribution in [0.25, 0.3) is 0 Å². The van der Waals surface area contributed by atoms with E-state index in [-0.39, 0.29) is 16.6 Å². The van der Waals surface area contributed by atoms with E-state index in [4.69, 9.17) is 0 Å². The molecular formula is C16H22O. The first-order chi connectivity index (χ1) is 7.74. The maximum absolute atomic E-state index is 11.5. The van der Waals surface area contributed by atoms with Gasteiger partial charge in [0.2, 0.25) is 0 Å². The molecule has 92 valence electrons. The topological polar surface area (TPSA) is 17.1 Å². The Morgan fingerprint density at radius 2 is 1.53 bits per heavy atom. The van der Waals surface area contributed by atoms with Gasteiger partial charge in [-0.1, -0.05) is 39.8 Å². The monoisotopic (exact) mass is 230 g/mol. The number of benzene rings is 1. The molecule has 1 nitrogen and oxygen atoms in total. The summed E-state index contributed by atoms with van der Waals surface area (Å²) in [5, 5.41) is 0. The second-order valence-electron chi connectivity index (χ2n) is 6.58. The third-order valence-corrected chi connectivity index (χ3v) is 4.26. The summed E-state index contributed by atoms with van der Waals surface area (Å²) in [6.45, 7) is 10.8. The van der Waals surface area contributed by atoms with Crippen molar-refractivity contribution in [3.05, 3.63) is 34.9 Å². The molecule has 0 unspecified atom stereocenters. The van der Waals surface area contributed by atoms with Crippen LogP contribution in [0.1, 0.15) is 68.9 Å². The van der Waals surface area contributed by atoms with Crippen LogP contribution in [-0.4, -0.2) is 5.78 Å². The highest BCUT2D eigenvalue weighted by Crippen LogP contribution is 2.45. The molecule has 0 fully saturated rings. The molecule has 0 saturated carbocycles. The molecule has 0 atom stereocenters. The highest BCUT2D eigenvalue weighted by molar-refractivity contribution is 5.94. The van der Waals surface area contributed by atoms with Crippen molar-refractivity contribution in [3.63, 3.8) is 0 Å². The summed E-state index contributed by atoms with van der Waals surface area (Å²) in [7, 11) is 0. The van der Waals surface area contributed by atoms with E-state index >= 15 is 0 Å². The molecule has 0 aromatic heterocycles. The van der Waals surface area contributed by atoms with Gasteiger partial charge in [0.1, 0.15) is 0 Å². The van der Waals surface area contributed by atoms with Crippen LogP contribution in [0.4, 0.5) is 0 Å². The first-order valence-electron chi connectivity index (χ1n) is 6.40. The van der Waals surface area contributed by atoms with Gasteiger partial charge in [0.15, 0.2) is 5.78 Å². The third-order valence-electron chi connectivity index (χ3n) is 4.26. The smallest absolute Gasteiger partial charge is 0.159 e. The summed E-state index contributed by atoms with van der Waals surface area (Å²) >= 11 is 0. The van der Waals surface area contributed by atoms with Gasteiger partial charge in [0, 0.05) is 5.56 Å². The lowest BCUT2D eigenvalue weighted by Crippen LogP contribution is -2.34. The standard InChI is InChI=1S/C16H22O/c1-11(17)12-6-7-13-14(10-12)16(4,5)9-8-15(13,2)3/h6-7,10H,8-9H2,1-5H3. The van der Waals surface area contributed by atoms with E-state index < -0.39 is 0 Å². The van der Waals surface area contributed by atoms with Crippen molar-refractivity contribution in [1.29, 1.82) is 0 Å². The number of hydrogen-bond donors (Lipinski definition) is 0. The molecule has 1 heteroatoms. The number of carbonyl (C=O) groups is 1. The molecule has 0 saturated heterocycles. The molecule has 0 aliphatic heterocycles. The first kappa shape index (κ1) is 12.3. The molecule has 2 rings (SSSR count). The van der Waals surface area contributed by atoms with Crippen LogP contribution in [0.5, 0.6) is 0 Å². The number of rotatable bonds is 1. The van der Waals surface area contributed by atoms with Gasteiger partial charge in [-0.15, -0.1) is 0 Å². The molecule has 0 bridgehead atoms.